The van der Waals surface area contributed by atoms with Crippen LogP contribution in [0, 0.1) is 5.92 Å². The summed E-state index contributed by atoms with van der Waals surface area (Å²) < 4.78 is 3.85. The van der Waals surface area contributed by atoms with E-state index in [1.165, 1.54) is 0 Å². The summed E-state index contributed by atoms with van der Waals surface area (Å²) in [5, 5.41) is 17.1. The summed E-state index contributed by atoms with van der Waals surface area (Å²) in [7, 11) is 0. The average Bonchev–Trinajstić information content (AvgIpc) is 3.23. The smallest absolute Gasteiger partial charge is 0.241 e. The number of aliphatic hydroxyl groups is 1. The second-order valence-corrected chi connectivity index (χ2v) is 6.62. The molecule has 126 valence electrons. The van der Waals surface area contributed by atoms with E-state index in [1.807, 2.05) is 39.6 Å². The highest BCUT2D eigenvalue weighted by Crippen LogP contribution is 2.28. The lowest BCUT2D eigenvalue weighted by Gasteiger charge is -2.31. The Morgan fingerprint density at radius 2 is 2.08 bits per heavy atom. The number of rotatable bonds is 4. The van der Waals surface area contributed by atoms with Crippen molar-refractivity contribution in [3.05, 3.63) is 49.2 Å². The van der Waals surface area contributed by atoms with E-state index < -0.39 is 0 Å². The summed E-state index contributed by atoms with van der Waals surface area (Å²) in [6, 6.07) is 6.11. The molecule has 5 rings (SSSR count). The number of pyridine rings is 1. The number of hydrogen-bond donors (Lipinski definition) is 2. The lowest BCUT2D eigenvalue weighted by atomic mass is 9.82. The molecule has 0 amide bonds. The lowest BCUT2D eigenvalue weighted by molar-refractivity contribution is 0.0486. The Bertz CT molecular complexity index is 1050. The molecule has 1 fully saturated rings. The van der Waals surface area contributed by atoms with Crippen LogP contribution in [0.25, 0.3) is 22.3 Å². The van der Waals surface area contributed by atoms with Gasteiger partial charge in [-0.05, 0) is 37.0 Å². The highest BCUT2D eigenvalue weighted by atomic mass is 16.3. The van der Waals surface area contributed by atoms with E-state index in [9.17, 15) is 5.11 Å². The zero-order valence-electron chi connectivity index (χ0n) is 13.6. The Balaban J connectivity index is 1.42. The molecule has 4 aromatic heterocycles. The van der Waals surface area contributed by atoms with Gasteiger partial charge in [0.05, 0.1) is 17.8 Å². The molecular weight excluding hydrogens is 316 g/mol. The van der Waals surface area contributed by atoms with Crippen molar-refractivity contribution in [3.8, 4) is 11.1 Å². The van der Waals surface area contributed by atoms with Crippen LogP contribution >= 0.6 is 0 Å². The number of hydrogen-bond acceptors (Lipinski definition) is 5. The minimum atomic E-state index is -0.130. The summed E-state index contributed by atoms with van der Waals surface area (Å²) >= 11 is 0. The van der Waals surface area contributed by atoms with Crippen molar-refractivity contribution in [2.75, 3.05) is 11.9 Å². The first-order valence-electron chi connectivity index (χ1n) is 8.46. The third-order valence-corrected chi connectivity index (χ3v) is 4.88. The second kappa shape index (κ2) is 5.56. The number of aliphatic hydroxyl groups excluding tert-OH is 1. The third kappa shape index (κ3) is 2.53. The Morgan fingerprint density at radius 1 is 1.16 bits per heavy atom. The van der Waals surface area contributed by atoms with E-state index in [4.69, 9.17) is 0 Å². The fourth-order valence-corrected chi connectivity index (χ4v) is 3.41. The molecule has 0 saturated heterocycles. The van der Waals surface area contributed by atoms with E-state index in [1.54, 1.807) is 6.20 Å². The van der Waals surface area contributed by atoms with Crippen LogP contribution in [0.3, 0.4) is 0 Å². The van der Waals surface area contributed by atoms with Gasteiger partial charge >= 0.3 is 0 Å². The van der Waals surface area contributed by atoms with Crippen LogP contribution < -0.4 is 5.32 Å². The standard InChI is InChI=1S/C18H18N6O/c25-14-7-12(8-14)9-20-18-21-10-16-15(3-5-24(16)22-18)13-1-2-17-19-4-6-23(17)11-13/h1-6,10-12,14,25H,7-9H2,(H,20,22). The summed E-state index contributed by atoms with van der Waals surface area (Å²) in [6.45, 7) is 0.800. The van der Waals surface area contributed by atoms with Gasteiger partial charge in [-0.15, -0.1) is 5.10 Å². The Hall–Kier alpha value is -2.93. The van der Waals surface area contributed by atoms with Crippen molar-refractivity contribution in [2.45, 2.75) is 18.9 Å². The summed E-state index contributed by atoms with van der Waals surface area (Å²) in [5.74, 6) is 1.12. The number of aromatic nitrogens is 5. The van der Waals surface area contributed by atoms with Gasteiger partial charge in [0.15, 0.2) is 0 Å². The molecule has 1 aliphatic rings. The molecule has 1 saturated carbocycles. The van der Waals surface area contributed by atoms with Crippen LogP contribution in [0.5, 0.6) is 0 Å². The molecule has 4 heterocycles. The molecule has 2 N–H and O–H groups in total. The Labute approximate surface area is 144 Å². The van der Waals surface area contributed by atoms with Gasteiger partial charge < -0.3 is 14.8 Å². The molecule has 0 unspecified atom stereocenters. The first-order chi connectivity index (χ1) is 12.3. The van der Waals surface area contributed by atoms with Crippen molar-refractivity contribution >= 4 is 17.1 Å². The summed E-state index contributed by atoms with van der Waals surface area (Å²) in [6.07, 6.45) is 11.2. The van der Waals surface area contributed by atoms with Crippen molar-refractivity contribution < 1.29 is 5.11 Å². The molecule has 0 aromatic carbocycles. The van der Waals surface area contributed by atoms with E-state index in [2.05, 4.69) is 32.6 Å². The molecular formula is C18H18N6O. The van der Waals surface area contributed by atoms with Gasteiger partial charge in [-0.3, -0.25) is 0 Å². The fourth-order valence-electron chi connectivity index (χ4n) is 3.41. The van der Waals surface area contributed by atoms with Crippen LogP contribution in [0.1, 0.15) is 12.8 Å². The van der Waals surface area contributed by atoms with Crippen molar-refractivity contribution in [1.29, 1.82) is 0 Å². The van der Waals surface area contributed by atoms with Gasteiger partial charge in [0.25, 0.3) is 0 Å². The Kier molecular flexibility index (Phi) is 3.21. The van der Waals surface area contributed by atoms with Crippen LogP contribution in [0.2, 0.25) is 0 Å². The largest absolute Gasteiger partial charge is 0.393 e. The monoisotopic (exact) mass is 334 g/mol. The molecule has 0 radical (unpaired) electrons. The predicted molar refractivity (Wildman–Crippen MR) is 94.4 cm³/mol. The molecule has 0 bridgehead atoms. The fraction of sp³-hybridized carbons (Fsp3) is 0.278. The molecule has 0 spiro atoms. The normalized spacial score (nSPS) is 20.0. The quantitative estimate of drug-likeness (QED) is 0.598. The molecule has 0 aliphatic heterocycles. The molecule has 1 aliphatic carbocycles. The van der Waals surface area contributed by atoms with Crippen LogP contribution in [-0.4, -0.2) is 41.7 Å². The van der Waals surface area contributed by atoms with E-state index >= 15 is 0 Å². The Morgan fingerprint density at radius 3 is 2.96 bits per heavy atom. The molecule has 7 heteroatoms. The van der Waals surface area contributed by atoms with E-state index in [0.717, 1.165) is 41.7 Å². The van der Waals surface area contributed by atoms with Crippen LogP contribution in [0.15, 0.2) is 49.2 Å². The average molecular weight is 334 g/mol. The SMILES string of the molecule is OC1CC(CNc2ncc3c(-c4ccc5nccn5c4)ccn3n2)C1. The van der Waals surface area contributed by atoms with Crippen LogP contribution in [-0.2, 0) is 0 Å². The first-order valence-corrected chi connectivity index (χ1v) is 8.46. The zero-order chi connectivity index (χ0) is 16.8. The molecule has 4 aromatic rings. The number of anilines is 1. The van der Waals surface area contributed by atoms with Gasteiger partial charge in [0.2, 0.25) is 5.95 Å². The van der Waals surface area contributed by atoms with Gasteiger partial charge in [-0.2, -0.15) is 0 Å². The van der Waals surface area contributed by atoms with Gasteiger partial charge in [-0.25, -0.2) is 14.5 Å². The number of nitrogens with one attached hydrogen (secondary N) is 1. The second-order valence-electron chi connectivity index (χ2n) is 6.62. The first kappa shape index (κ1) is 14.4. The summed E-state index contributed by atoms with van der Waals surface area (Å²) in [5.41, 5.74) is 4.07. The van der Waals surface area contributed by atoms with Gasteiger partial charge in [0, 0.05) is 42.5 Å². The maximum atomic E-state index is 9.35. The molecule has 25 heavy (non-hydrogen) atoms. The highest BCUT2D eigenvalue weighted by molar-refractivity contribution is 5.80. The minimum absolute atomic E-state index is 0.130. The zero-order valence-corrected chi connectivity index (χ0v) is 13.6. The minimum Gasteiger partial charge on any atom is -0.393 e. The predicted octanol–water partition coefficient (Wildman–Crippen LogP) is 2.23. The van der Waals surface area contributed by atoms with Crippen molar-refractivity contribution in [3.63, 3.8) is 0 Å². The van der Waals surface area contributed by atoms with Crippen LogP contribution in [0.4, 0.5) is 5.95 Å². The number of nitrogens with zero attached hydrogens (tertiary/aromatic N) is 5. The van der Waals surface area contributed by atoms with Crippen molar-refractivity contribution in [2.24, 2.45) is 5.92 Å². The molecule has 0 atom stereocenters. The maximum absolute atomic E-state index is 9.35. The maximum Gasteiger partial charge on any atom is 0.241 e. The van der Waals surface area contributed by atoms with Gasteiger partial charge in [-0.1, -0.05) is 0 Å². The summed E-state index contributed by atoms with van der Waals surface area (Å²) in [4.78, 5) is 8.72. The number of fused-ring (bicyclic) bond motifs is 2. The van der Waals surface area contributed by atoms with Gasteiger partial charge in [0.1, 0.15) is 5.65 Å². The topological polar surface area (TPSA) is 79.8 Å². The van der Waals surface area contributed by atoms with E-state index in [0.29, 0.717) is 11.9 Å². The van der Waals surface area contributed by atoms with Crippen molar-refractivity contribution in [1.82, 2.24) is 24.0 Å². The lowest BCUT2D eigenvalue weighted by Crippen LogP contribution is -2.33. The third-order valence-electron chi connectivity index (χ3n) is 4.88. The molecule has 7 nitrogen and oxygen atoms in total. The number of imidazole rings is 1. The van der Waals surface area contributed by atoms with E-state index in [-0.39, 0.29) is 6.10 Å². The highest BCUT2D eigenvalue weighted by Gasteiger charge is 2.26.